The molecule has 2 rings (SSSR count). The van der Waals surface area contributed by atoms with Gasteiger partial charge in [0.25, 0.3) is 0 Å². The fraction of sp³-hybridized carbons (Fsp3) is 0.538. The molecule has 88 valence electrons. The molecule has 0 amide bonds. The largest absolute Gasteiger partial charge is 0.487 e. The van der Waals surface area contributed by atoms with Crippen molar-refractivity contribution in [2.24, 2.45) is 5.73 Å². The molecule has 0 unspecified atom stereocenters. The fourth-order valence-corrected chi connectivity index (χ4v) is 2.33. The summed E-state index contributed by atoms with van der Waals surface area (Å²) >= 11 is 6.07. The second-order valence-corrected chi connectivity index (χ2v) is 4.80. The third-order valence-electron chi connectivity index (χ3n) is 3.12. The molecule has 1 aromatic carbocycles. The summed E-state index contributed by atoms with van der Waals surface area (Å²) in [5.74, 6) is 0.756. The number of hydrogen-bond acceptors (Lipinski definition) is 2. The number of nitrogens with two attached hydrogens (primary N) is 1. The summed E-state index contributed by atoms with van der Waals surface area (Å²) in [7, 11) is 0. The number of benzene rings is 1. The quantitative estimate of drug-likeness (QED) is 0.803. The average Bonchev–Trinajstić information content (AvgIpc) is 2.48. The van der Waals surface area contributed by atoms with Crippen molar-refractivity contribution in [2.45, 2.75) is 44.2 Å². The molecular formula is C13H18ClNO. The normalized spacial score (nSPS) is 26.1. The van der Waals surface area contributed by atoms with E-state index >= 15 is 0 Å². The van der Waals surface area contributed by atoms with E-state index < -0.39 is 0 Å². The molecule has 0 heterocycles. The van der Waals surface area contributed by atoms with Gasteiger partial charge in [0.1, 0.15) is 11.9 Å². The van der Waals surface area contributed by atoms with Gasteiger partial charge < -0.3 is 10.5 Å². The molecule has 1 fully saturated rings. The van der Waals surface area contributed by atoms with E-state index in [2.05, 4.69) is 0 Å². The Labute approximate surface area is 102 Å². The van der Waals surface area contributed by atoms with Crippen LogP contribution in [0.3, 0.4) is 0 Å². The van der Waals surface area contributed by atoms with E-state index in [1.165, 1.54) is 19.3 Å². The predicted molar refractivity (Wildman–Crippen MR) is 66.9 cm³/mol. The van der Waals surface area contributed by atoms with E-state index in [1.807, 2.05) is 24.3 Å². The van der Waals surface area contributed by atoms with Crippen molar-refractivity contribution in [2.75, 3.05) is 0 Å². The third kappa shape index (κ3) is 2.89. The van der Waals surface area contributed by atoms with Crippen LogP contribution in [0.1, 0.15) is 32.1 Å². The lowest BCUT2D eigenvalue weighted by Gasteiger charge is -2.23. The van der Waals surface area contributed by atoms with Crippen LogP contribution in [0.25, 0.3) is 0 Å². The van der Waals surface area contributed by atoms with Crippen LogP contribution in [0.15, 0.2) is 24.3 Å². The standard InChI is InChI=1S/C13H18ClNO/c14-10-6-4-5-8-12(10)16-13-9-3-1-2-7-11(13)15/h4-6,8,11,13H,1-3,7,9,15H2/t11-,13+/m0/s1. The summed E-state index contributed by atoms with van der Waals surface area (Å²) in [6.45, 7) is 0. The van der Waals surface area contributed by atoms with E-state index in [0.717, 1.165) is 18.6 Å². The molecule has 0 radical (unpaired) electrons. The molecule has 0 bridgehead atoms. The van der Waals surface area contributed by atoms with Crippen LogP contribution in [0.5, 0.6) is 5.75 Å². The monoisotopic (exact) mass is 239 g/mol. The maximum Gasteiger partial charge on any atom is 0.138 e. The minimum Gasteiger partial charge on any atom is -0.487 e. The van der Waals surface area contributed by atoms with Gasteiger partial charge in [0, 0.05) is 6.04 Å². The number of ether oxygens (including phenoxy) is 1. The topological polar surface area (TPSA) is 35.2 Å². The first-order valence-electron chi connectivity index (χ1n) is 5.94. The van der Waals surface area contributed by atoms with E-state index in [0.29, 0.717) is 5.02 Å². The van der Waals surface area contributed by atoms with E-state index in [4.69, 9.17) is 22.1 Å². The fourth-order valence-electron chi connectivity index (χ4n) is 2.15. The summed E-state index contributed by atoms with van der Waals surface area (Å²) in [5.41, 5.74) is 6.11. The van der Waals surface area contributed by atoms with Crippen molar-refractivity contribution >= 4 is 11.6 Å². The molecule has 0 saturated heterocycles. The lowest BCUT2D eigenvalue weighted by molar-refractivity contribution is 0.163. The van der Waals surface area contributed by atoms with Gasteiger partial charge in [-0.15, -0.1) is 0 Å². The molecule has 0 aliphatic heterocycles. The van der Waals surface area contributed by atoms with E-state index in [9.17, 15) is 0 Å². The van der Waals surface area contributed by atoms with Crippen LogP contribution in [-0.4, -0.2) is 12.1 Å². The zero-order chi connectivity index (χ0) is 11.4. The molecule has 2 atom stereocenters. The van der Waals surface area contributed by atoms with Gasteiger partial charge in [-0.3, -0.25) is 0 Å². The molecule has 3 heteroatoms. The van der Waals surface area contributed by atoms with Gasteiger partial charge in [0.05, 0.1) is 5.02 Å². The summed E-state index contributed by atoms with van der Waals surface area (Å²) in [4.78, 5) is 0. The molecule has 1 aromatic rings. The minimum absolute atomic E-state index is 0.113. The minimum atomic E-state index is 0.113. The molecule has 1 aliphatic rings. The third-order valence-corrected chi connectivity index (χ3v) is 3.43. The Morgan fingerprint density at radius 2 is 1.88 bits per heavy atom. The van der Waals surface area contributed by atoms with Crippen molar-refractivity contribution in [3.05, 3.63) is 29.3 Å². The highest BCUT2D eigenvalue weighted by molar-refractivity contribution is 6.32. The molecule has 0 spiro atoms. The van der Waals surface area contributed by atoms with Gasteiger partial charge in [0.2, 0.25) is 0 Å². The number of hydrogen-bond donors (Lipinski definition) is 1. The molecule has 0 aromatic heterocycles. The summed E-state index contributed by atoms with van der Waals surface area (Å²) in [6, 6.07) is 7.73. The van der Waals surface area contributed by atoms with Gasteiger partial charge in [-0.1, -0.05) is 36.6 Å². The van der Waals surface area contributed by atoms with Crippen molar-refractivity contribution in [1.29, 1.82) is 0 Å². The van der Waals surface area contributed by atoms with Crippen molar-refractivity contribution < 1.29 is 4.74 Å². The maximum atomic E-state index is 6.11. The summed E-state index contributed by atoms with van der Waals surface area (Å²) < 4.78 is 5.92. The Morgan fingerprint density at radius 3 is 2.69 bits per heavy atom. The number of halogens is 1. The van der Waals surface area contributed by atoms with Crippen LogP contribution in [0.2, 0.25) is 5.02 Å². The van der Waals surface area contributed by atoms with Gasteiger partial charge in [0.15, 0.2) is 0 Å². The van der Waals surface area contributed by atoms with Crippen LogP contribution in [0.4, 0.5) is 0 Å². The van der Waals surface area contributed by atoms with Crippen LogP contribution in [0, 0.1) is 0 Å². The Bertz CT molecular complexity index is 342. The number of para-hydroxylation sites is 1. The highest BCUT2D eigenvalue weighted by atomic mass is 35.5. The zero-order valence-corrected chi connectivity index (χ0v) is 10.1. The van der Waals surface area contributed by atoms with Gasteiger partial charge >= 0.3 is 0 Å². The first kappa shape index (κ1) is 11.7. The SMILES string of the molecule is N[C@H]1CCCCC[C@H]1Oc1ccccc1Cl. The molecule has 2 nitrogen and oxygen atoms in total. The Kier molecular flexibility index (Phi) is 4.08. The highest BCUT2D eigenvalue weighted by Gasteiger charge is 2.22. The first-order valence-corrected chi connectivity index (χ1v) is 6.32. The lowest BCUT2D eigenvalue weighted by Crippen LogP contribution is -2.37. The smallest absolute Gasteiger partial charge is 0.138 e. The number of rotatable bonds is 2. The highest BCUT2D eigenvalue weighted by Crippen LogP contribution is 2.27. The second kappa shape index (κ2) is 5.55. The van der Waals surface area contributed by atoms with Gasteiger partial charge in [-0.05, 0) is 31.4 Å². The predicted octanol–water partition coefficient (Wildman–Crippen LogP) is 3.38. The Hall–Kier alpha value is -0.730. The van der Waals surface area contributed by atoms with Gasteiger partial charge in [-0.2, -0.15) is 0 Å². The zero-order valence-electron chi connectivity index (χ0n) is 9.36. The summed E-state index contributed by atoms with van der Waals surface area (Å²) in [5, 5.41) is 0.666. The molecule has 1 saturated carbocycles. The van der Waals surface area contributed by atoms with Crippen LogP contribution < -0.4 is 10.5 Å². The summed E-state index contributed by atoms with van der Waals surface area (Å²) in [6.07, 6.45) is 5.87. The van der Waals surface area contributed by atoms with Crippen molar-refractivity contribution in [3.63, 3.8) is 0 Å². The van der Waals surface area contributed by atoms with E-state index in [-0.39, 0.29) is 12.1 Å². The van der Waals surface area contributed by atoms with Crippen molar-refractivity contribution in [3.8, 4) is 5.75 Å². The van der Waals surface area contributed by atoms with E-state index in [1.54, 1.807) is 0 Å². The molecule has 1 aliphatic carbocycles. The van der Waals surface area contributed by atoms with Crippen molar-refractivity contribution in [1.82, 2.24) is 0 Å². The average molecular weight is 240 g/mol. The Balaban J connectivity index is 2.05. The Morgan fingerprint density at radius 1 is 1.12 bits per heavy atom. The second-order valence-electron chi connectivity index (χ2n) is 4.39. The molecule has 2 N–H and O–H groups in total. The maximum absolute atomic E-state index is 6.11. The molecule has 16 heavy (non-hydrogen) atoms. The van der Waals surface area contributed by atoms with Crippen LogP contribution >= 0.6 is 11.6 Å². The van der Waals surface area contributed by atoms with Crippen LogP contribution in [-0.2, 0) is 0 Å². The lowest BCUT2D eigenvalue weighted by atomic mass is 10.1. The first-order chi connectivity index (χ1) is 7.77. The van der Waals surface area contributed by atoms with Gasteiger partial charge in [-0.25, -0.2) is 0 Å². The molecular weight excluding hydrogens is 222 g/mol.